The van der Waals surface area contributed by atoms with Gasteiger partial charge in [-0.15, -0.1) is 0 Å². The fourth-order valence-corrected chi connectivity index (χ4v) is 4.08. The molecule has 1 unspecified atom stereocenters. The average molecular weight is 396 g/mol. The minimum Gasteiger partial charge on any atom is -0.314 e. The Morgan fingerprint density at radius 3 is 2.93 bits per heavy atom. The summed E-state index contributed by atoms with van der Waals surface area (Å²) in [6.45, 7) is 2.54. The lowest BCUT2D eigenvalue weighted by Gasteiger charge is -2.10. The van der Waals surface area contributed by atoms with Gasteiger partial charge in [-0.2, -0.15) is 5.10 Å². The summed E-state index contributed by atoms with van der Waals surface area (Å²) in [4.78, 5) is 9.24. The number of imidazole rings is 1. The minimum absolute atomic E-state index is 0.293. The Balaban J connectivity index is 1.74. The third-order valence-corrected chi connectivity index (χ3v) is 5.70. The molecule has 0 fully saturated rings. The van der Waals surface area contributed by atoms with E-state index < -0.39 is 10.8 Å². The van der Waals surface area contributed by atoms with Gasteiger partial charge in [-0.25, -0.2) is 14.4 Å². The van der Waals surface area contributed by atoms with E-state index in [2.05, 4.69) is 15.2 Å². The van der Waals surface area contributed by atoms with E-state index in [9.17, 15) is 8.60 Å². The lowest BCUT2D eigenvalue weighted by molar-refractivity contribution is 0.629. The molecule has 0 saturated carbocycles. The van der Waals surface area contributed by atoms with Gasteiger partial charge in [-0.3, -0.25) is 9.31 Å². The number of aromatic amines is 1. The number of H-pyrrole nitrogens is 1. The third-order valence-electron chi connectivity index (χ3n) is 4.94. The van der Waals surface area contributed by atoms with Crippen LogP contribution in [-0.2, 0) is 17.3 Å². The Kier molecular flexibility index (Phi) is 3.80. The predicted octanol–water partition coefficient (Wildman–Crippen LogP) is 3.08. The van der Waals surface area contributed by atoms with E-state index in [1.54, 1.807) is 24.8 Å². The number of hydrogen-bond acceptors (Lipinski definition) is 4. The van der Waals surface area contributed by atoms with Gasteiger partial charge in [0.1, 0.15) is 11.3 Å². The molecule has 1 atom stereocenters. The van der Waals surface area contributed by atoms with Gasteiger partial charge in [-0.05, 0) is 31.2 Å². The lowest BCUT2D eigenvalue weighted by Crippen LogP contribution is -2.07. The van der Waals surface area contributed by atoms with Crippen molar-refractivity contribution in [1.82, 2.24) is 29.3 Å². The summed E-state index contributed by atoms with van der Waals surface area (Å²) in [6, 6.07) is 6.70. The summed E-state index contributed by atoms with van der Waals surface area (Å²) < 4.78 is 29.2. The summed E-state index contributed by atoms with van der Waals surface area (Å²) in [5.41, 5.74) is 5.70. The predicted molar refractivity (Wildman–Crippen MR) is 108 cm³/mol. The van der Waals surface area contributed by atoms with Crippen LogP contribution >= 0.6 is 0 Å². The molecule has 4 aromatic heterocycles. The van der Waals surface area contributed by atoms with Gasteiger partial charge >= 0.3 is 0 Å². The van der Waals surface area contributed by atoms with Crippen LogP contribution in [0.4, 0.5) is 4.39 Å². The molecular weight excluding hydrogens is 379 g/mol. The second kappa shape index (κ2) is 6.23. The maximum Gasteiger partial charge on any atom is 0.160 e. The highest BCUT2D eigenvalue weighted by Crippen LogP contribution is 2.32. The molecule has 0 spiro atoms. The Morgan fingerprint density at radius 2 is 2.11 bits per heavy atom. The average Bonchev–Trinajstić information content (AvgIpc) is 3.34. The van der Waals surface area contributed by atoms with Crippen molar-refractivity contribution >= 4 is 43.9 Å². The van der Waals surface area contributed by atoms with Crippen molar-refractivity contribution < 1.29 is 8.60 Å². The Hall–Kier alpha value is -3.07. The molecule has 7 nitrogen and oxygen atoms in total. The first kappa shape index (κ1) is 17.1. The largest absolute Gasteiger partial charge is 0.314 e. The van der Waals surface area contributed by atoms with E-state index in [0.717, 1.165) is 44.5 Å². The minimum atomic E-state index is -0.878. The highest BCUT2D eigenvalue weighted by Gasteiger charge is 2.18. The molecule has 0 aliphatic heterocycles. The number of halogens is 1. The molecule has 0 amide bonds. The molecule has 0 saturated heterocycles. The summed E-state index contributed by atoms with van der Waals surface area (Å²) in [7, 11) is -0.878. The zero-order valence-electron chi connectivity index (χ0n) is 15.3. The number of nitrogens with zero attached hydrogens (tertiary/aromatic N) is 5. The van der Waals surface area contributed by atoms with Crippen molar-refractivity contribution in [3.8, 4) is 5.69 Å². The van der Waals surface area contributed by atoms with Crippen LogP contribution in [-0.4, -0.2) is 45.5 Å². The zero-order valence-corrected chi connectivity index (χ0v) is 16.1. The molecule has 9 heteroatoms. The van der Waals surface area contributed by atoms with E-state index >= 15 is 0 Å². The zero-order chi connectivity index (χ0) is 19.4. The maximum absolute atomic E-state index is 13.8. The van der Waals surface area contributed by atoms with Crippen LogP contribution in [0.5, 0.6) is 0 Å². The standard InChI is InChI=1S/C19H17FN6OS/c1-11-16(8-14-19(23-11)25(10-21-14)5-6-28(2)27)26-15-4-3-12(20)7-13(15)18-17(26)9-22-24-18/h3-4,7-10H,5-6H2,1-2H3,(H,22,24). The van der Waals surface area contributed by atoms with E-state index in [1.807, 2.05) is 22.1 Å². The topological polar surface area (TPSA) is 81.4 Å². The first-order valence-corrected chi connectivity index (χ1v) is 10.5. The van der Waals surface area contributed by atoms with Gasteiger partial charge in [0, 0.05) is 34.7 Å². The monoisotopic (exact) mass is 396 g/mol. The normalized spacial score (nSPS) is 13.1. The molecule has 5 aromatic rings. The molecule has 0 radical (unpaired) electrons. The van der Waals surface area contributed by atoms with Crippen molar-refractivity contribution in [2.24, 2.45) is 0 Å². The summed E-state index contributed by atoms with van der Waals surface area (Å²) in [5.74, 6) is 0.260. The Morgan fingerprint density at radius 1 is 1.25 bits per heavy atom. The summed E-state index contributed by atoms with van der Waals surface area (Å²) in [5, 5.41) is 7.86. The number of hydrogen-bond donors (Lipinski definition) is 1. The van der Waals surface area contributed by atoms with Gasteiger partial charge in [-0.1, -0.05) is 0 Å². The molecular formula is C19H17FN6OS. The maximum atomic E-state index is 13.8. The highest BCUT2D eigenvalue weighted by atomic mass is 32.2. The van der Waals surface area contributed by atoms with Crippen LogP contribution < -0.4 is 0 Å². The van der Waals surface area contributed by atoms with Crippen LogP contribution in [0.15, 0.2) is 36.8 Å². The number of pyridine rings is 1. The fourth-order valence-electron chi connectivity index (χ4n) is 3.62. The Labute approximate surface area is 161 Å². The van der Waals surface area contributed by atoms with E-state index in [4.69, 9.17) is 4.98 Å². The number of aryl methyl sites for hydroxylation is 2. The summed E-state index contributed by atoms with van der Waals surface area (Å²) in [6.07, 6.45) is 5.14. The number of benzene rings is 1. The second-order valence-electron chi connectivity index (χ2n) is 6.78. The van der Waals surface area contributed by atoms with Gasteiger partial charge in [0.2, 0.25) is 0 Å². The van der Waals surface area contributed by atoms with Crippen LogP contribution in [0.25, 0.3) is 38.8 Å². The summed E-state index contributed by atoms with van der Waals surface area (Å²) >= 11 is 0. The van der Waals surface area contributed by atoms with Crippen molar-refractivity contribution in [3.05, 3.63) is 48.3 Å². The van der Waals surface area contributed by atoms with Crippen LogP contribution in [0.2, 0.25) is 0 Å². The smallest absolute Gasteiger partial charge is 0.160 e. The number of rotatable bonds is 4. The Bertz CT molecular complexity index is 1380. The second-order valence-corrected chi connectivity index (χ2v) is 8.33. The van der Waals surface area contributed by atoms with Crippen LogP contribution in [0.3, 0.4) is 0 Å². The van der Waals surface area contributed by atoms with E-state index in [-0.39, 0.29) is 5.82 Å². The SMILES string of the molecule is Cc1nc2c(cc1-n1c3ccc(F)cc3c3[nH]ncc31)ncn2CCS(C)=O. The molecule has 0 aliphatic rings. The van der Waals surface area contributed by atoms with Crippen LogP contribution in [0.1, 0.15) is 5.69 Å². The number of aromatic nitrogens is 6. The van der Waals surface area contributed by atoms with Gasteiger partial charge in [0.15, 0.2) is 5.65 Å². The number of nitrogens with one attached hydrogen (secondary N) is 1. The molecule has 142 valence electrons. The van der Waals surface area contributed by atoms with Gasteiger partial charge in [0.05, 0.1) is 40.5 Å². The fraction of sp³-hybridized carbons (Fsp3) is 0.211. The van der Waals surface area contributed by atoms with Crippen molar-refractivity contribution in [2.75, 3.05) is 12.0 Å². The molecule has 1 aromatic carbocycles. The van der Waals surface area contributed by atoms with Crippen LogP contribution in [0, 0.1) is 12.7 Å². The lowest BCUT2D eigenvalue weighted by atomic mass is 10.2. The highest BCUT2D eigenvalue weighted by molar-refractivity contribution is 7.84. The molecule has 1 N–H and O–H groups in total. The molecule has 0 aliphatic carbocycles. The third kappa shape index (κ3) is 2.54. The van der Waals surface area contributed by atoms with Crippen molar-refractivity contribution in [1.29, 1.82) is 0 Å². The molecule has 4 heterocycles. The first-order valence-electron chi connectivity index (χ1n) is 8.79. The molecule has 28 heavy (non-hydrogen) atoms. The molecule has 0 bridgehead atoms. The van der Waals surface area contributed by atoms with E-state index in [1.165, 1.54) is 12.1 Å². The van der Waals surface area contributed by atoms with Crippen molar-refractivity contribution in [3.63, 3.8) is 0 Å². The number of fused-ring (bicyclic) bond motifs is 4. The van der Waals surface area contributed by atoms with E-state index in [0.29, 0.717) is 12.3 Å². The first-order chi connectivity index (χ1) is 13.5. The van der Waals surface area contributed by atoms with Gasteiger partial charge < -0.3 is 9.13 Å². The molecule has 5 rings (SSSR count). The van der Waals surface area contributed by atoms with Crippen molar-refractivity contribution in [2.45, 2.75) is 13.5 Å². The van der Waals surface area contributed by atoms with Gasteiger partial charge in [0.25, 0.3) is 0 Å². The quantitative estimate of drug-likeness (QED) is 0.506.